The summed E-state index contributed by atoms with van der Waals surface area (Å²) in [6.07, 6.45) is 3.12. The van der Waals surface area contributed by atoms with Crippen LogP contribution in [0.15, 0.2) is 48.5 Å². The van der Waals surface area contributed by atoms with E-state index in [0.29, 0.717) is 24.7 Å². The van der Waals surface area contributed by atoms with E-state index >= 15 is 0 Å². The van der Waals surface area contributed by atoms with Crippen molar-refractivity contribution in [2.75, 3.05) is 19.7 Å². The lowest BCUT2D eigenvalue weighted by molar-refractivity contribution is 0.113. The van der Waals surface area contributed by atoms with Crippen LogP contribution in [0.4, 0.5) is 4.39 Å². The Kier molecular flexibility index (Phi) is 6.36. The molecule has 1 aliphatic rings. The van der Waals surface area contributed by atoms with E-state index in [0.717, 1.165) is 48.3 Å². The second-order valence-electron chi connectivity index (χ2n) is 7.32. The Balaban J connectivity index is 1.42. The Morgan fingerprint density at radius 3 is 2.83 bits per heavy atom. The van der Waals surface area contributed by atoms with Crippen LogP contribution in [0.5, 0.6) is 0 Å². The fourth-order valence-corrected chi connectivity index (χ4v) is 3.78. The molecule has 0 aliphatic carbocycles. The molecule has 1 fully saturated rings. The molecule has 1 unspecified atom stereocenters. The van der Waals surface area contributed by atoms with Gasteiger partial charge in [-0.3, -0.25) is 0 Å². The number of fused-ring (bicyclic) bond motifs is 1. The van der Waals surface area contributed by atoms with Crippen molar-refractivity contribution < 1.29 is 9.13 Å². The minimum Gasteiger partial charge on any atom is -0.376 e. The van der Waals surface area contributed by atoms with Gasteiger partial charge in [-0.05, 0) is 54.9 Å². The van der Waals surface area contributed by atoms with E-state index in [4.69, 9.17) is 17.0 Å². The maximum Gasteiger partial charge on any atom is 0.169 e. The van der Waals surface area contributed by atoms with Crippen molar-refractivity contribution >= 4 is 28.4 Å². The number of hydrogen-bond donors (Lipinski definition) is 2. The summed E-state index contributed by atoms with van der Waals surface area (Å²) < 4.78 is 18.9. The minimum absolute atomic E-state index is 0.219. The summed E-state index contributed by atoms with van der Waals surface area (Å²) in [6, 6.07) is 14.6. The van der Waals surface area contributed by atoms with Gasteiger partial charge < -0.3 is 19.9 Å². The first-order valence-corrected chi connectivity index (χ1v) is 10.4. The van der Waals surface area contributed by atoms with Gasteiger partial charge in [0.25, 0.3) is 0 Å². The number of thiocarbonyl (C=S) groups is 1. The Hall–Kier alpha value is -2.51. The zero-order valence-electron chi connectivity index (χ0n) is 16.2. The summed E-state index contributed by atoms with van der Waals surface area (Å²) in [5.74, 6) is 0.693. The zero-order valence-corrected chi connectivity index (χ0v) is 17.1. The molecule has 5 nitrogen and oxygen atoms in total. The van der Waals surface area contributed by atoms with Gasteiger partial charge in [-0.2, -0.15) is 0 Å². The number of H-pyrrole nitrogens is 1. The molecule has 2 N–H and O–H groups in total. The van der Waals surface area contributed by atoms with Crippen molar-refractivity contribution in [1.29, 1.82) is 0 Å². The number of rotatable bonds is 7. The third-order valence-corrected chi connectivity index (χ3v) is 5.54. The SMILES string of the molecule is Fc1ccc(CN(CCc2nc3ccccc3[nH]2)C(=S)NCC2CCCO2)cc1. The maximum absolute atomic E-state index is 13.3. The fourth-order valence-electron chi connectivity index (χ4n) is 3.55. The van der Waals surface area contributed by atoms with E-state index in [1.165, 1.54) is 12.1 Å². The summed E-state index contributed by atoms with van der Waals surface area (Å²) in [7, 11) is 0. The lowest BCUT2D eigenvalue weighted by atomic mass is 10.2. The molecule has 0 bridgehead atoms. The molecule has 0 amide bonds. The topological polar surface area (TPSA) is 53.2 Å². The number of hydrogen-bond acceptors (Lipinski definition) is 3. The first-order valence-electron chi connectivity index (χ1n) is 10.00. The van der Waals surface area contributed by atoms with Gasteiger partial charge in [0.05, 0.1) is 17.1 Å². The van der Waals surface area contributed by atoms with Crippen molar-refractivity contribution in [3.05, 3.63) is 65.7 Å². The van der Waals surface area contributed by atoms with Crippen LogP contribution in [0.3, 0.4) is 0 Å². The molecule has 4 rings (SSSR count). The molecule has 1 aromatic heterocycles. The van der Waals surface area contributed by atoms with Crippen LogP contribution in [-0.4, -0.2) is 45.8 Å². The van der Waals surface area contributed by atoms with E-state index in [1.54, 1.807) is 12.1 Å². The molecule has 2 heterocycles. The quantitative estimate of drug-likeness (QED) is 0.578. The molecule has 0 radical (unpaired) electrons. The average Bonchev–Trinajstić information content (AvgIpc) is 3.40. The molecule has 1 saturated heterocycles. The second-order valence-corrected chi connectivity index (χ2v) is 7.71. The summed E-state index contributed by atoms with van der Waals surface area (Å²) >= 11 is 5.67. The molecule has 0 spiro atoms. The number of ether oxygens (including phenoxy) is 1. The predicted molar refractivity (Wildman–Crippen MR) is 116 cm³/mol. The number of benzene rings is 2. The van der Waals surface area contributed by atoms with Crippen molar-refractivity contribution in [3.8, 4) is 0 Å². The highest BCUT2D eigenvalue weighted by molar-refractivity contribution is 7.80. The maximum atomic E-state index is 13.3. The molecule has 1 atom stereocenters. The summed E-state index contributed by atoms with van der Waals surface area (Å²) in [4.78, 5) is 10.1. The minimum atomic E-state index is -0.235. The van der Waals surface area contributed by atoms with Crippen molar-refractivity contribution in [2.45, 2.75) is 31.9 Å². The van der Waals surface area contributed by atoms with Crippen molar-refractivity contribution in [2.24, 2.45) is 0 Å². The molecule has 2 aromatic carbocycles. The van der Waals surface area contributed by atoms with E-state index in [1.807, 2.05) is 24.3 Å². The van der Waals surface area contributed by atoms with Gasteiger partial charge >= 0.3 is 0 Å². The average molecular weight is 413 g/mol. The smallest absolute Gasteiger partial charge is 0.169 e. The first kappa shape index (κ1) is 19.8. The predicted octanol–water partition coefficient (Wildman–Crippen LogP) is 3.80. The molecular weight excluding hydrogens is 387 g/mol. The number of aromatic amines is 1. The monoisotopic (exact) mass is 412 g/mol. The van der Waals surface area contributed by atoms with Crippen LogP contribution in [0.1, 0.15) is 24.2 Å². The van der Waals surface area contributed by atoms with Crippen molar-refractivity contribution in [1.82, 2.24) is 20.2 Å². The molecule has 0 saturated carbocycles. The Bertz CT molecular complexity index is 920. The summed E-state index contributed by atoms with van der Waals surface area (Å²) in [5, 5.41) is 4.03. The third kappa shape index (κ3) is 5.31. The highest BCUT2D eigenvalue weighted by Gasteiger charge is 2.18. The standard InChI is InChI=1S/C22H25FN4OS/c23-17-9-7-16(8-10-17)15-27(22(29)24-14-18-4-3-13-28-18)12-11-21-25-19-5-1-2-6-20(19)26-21/h1-2,5-10,18H,3-4,11-15H2,(H,24,29)(H,25,26). The molecular formula is C22H25FN4OS. The van der Waals surface area contributed by atoms with Gasteiger partial charge in [0.1, 0.15) is 11.6 Å². The van der Waals surface area contributed by atoms with Crippen molar-refractivity contribution in [3.63, 3.8) is 0 Å². The normalized spacial score (nSPS) is 16.2. The molecule has 29 heavy (non-hydrogen) atoms. The van der Waals surface area contributed by atoms with Gasteiger partial charge in [0, 0.05) is 32.7 Å². The Labute approximate surface area is 175 Å². The number of imidazole rings is 1. The number of nitrogens with zero attached hydrogens (tertiary/aromatic N) is 2. The van der Waals surface area contributed by atoms with Crippen LogP contribution in [0, 0.1) is 5.82 Å². The fraction of sp³-hybridized carbons (Fsp3) is 0.364. The Morgan fingerprint density at radius 1 is 1.24 bits per heavy atom. The van der Waals surface area contributed by atoms with E-state index < -0.39 is 0 Å². The van der Waals surface area contributed by atoms with E-state index in [9.17, 15) is 4.39 Å². The van der Waals surface area contributed by atoms with Gasteiger partial charge in [-0.25, -0.2) is 9.37 Å². The molecule has 152 valence electrons. The van der Waals surface area contributed by atoms with Gasteiger partial charge in [-0.1, -0.05) is 24.3 Å². The van der Waals surface area contributed by atoms with E-state index in [2.05, 4.69) is 20.2 Å². The Morgan fingerprint density at radius 2 is 2.07 bits per heavy atom. The van der Waals surface area contributed by atoms with Crippen LogP contribution in [-0.2, 0) is 17.7 Å². The largest absolute Gasteiger partial charge is 0.376 e. The molecule has 3 aromatic rings. The first-order chi connectivity index (χ1) is 14.2. The molecule has 7 heteroatoms. The highest BCUT2D eigenvalue weighted by atomic mass is 32.1. The number of halogens is 1. The van der Waals surface area contributed by atoms with Crippen LogP contribution >= 0.6 is 12.2 Å². The second kappa shape index (κ2) is 9.33. The summed E-state index contributed by atoms with van der Waals surface area (Å²) in [6.45, 7) is 2.85. The number of aromatic nitrogens is 2. The van der Waals surface area contributed by atoms with Crippen LogP contribution < -0.4 is 5.32 Å². The number of nitrogens with one attached hydrogen (secondary N) is 2. The van der Waals surface area contributed by atoms with Crippen LogP contribution in [0.25, 0.3) is 11.0 Å². The highest BCUT2D eigenvalue weighted by Crippen LogP contribution is 2.14. The lowest BCUT2D eigenvalue weighted by Crippen LogP contribution is -2.43. The van der Waals surface area contributed by atoms with Crippen LogP contribution in [0.2, 0.25) is 0 Å². The van der Waals surface area contributed by atoms with Gasteiger partial charge in [0.15, 0.2) is 5.11 Å². The summed E-state index contributed by atoms with van der Waals surface area (Å²) in [5.41, 5.74) is 3.01. The van der Waals surface area contributed by atoms with Gasteiger partial charge in [0.2, 0.25) is 0 Å². The number of para-hydroxylation sites is 2. The lowest BCUT2D eigenvalue weighted by Gasteiger charge is -2.26. The third-order valence-electron chi connectivity index (χ3n) is 5.14. The molecule has 1 aliphatic heterocycles. The van der Waals surface area contributed by atoms with Gasteiger partial charge in [-0.15, -0.1) is 0 Å². The zero-order chi connectivity index (χ0) is 20.1. The van der Waals surface area contributed by atoms with E-state index in [-0.39, 0.29) is 11.9 Å².